The van der Waals surface area contributed by atoms with Gasteiger partial charge in [-0.25, -0.2) is 0 Å². The summed E-state index contributed by atoms with van der Waals surface area (Å²) in [6, 6.07) is 0. The Balaban J connectivity index is 0. The third-order valence-corrected chi connectivity index (χ3v) is 3.72. The van der Waals surface area contributed by atoms with E-state index in [1.54, 1.807) is 0 Å². The van der Waals surface area contributed by atoms with E-state index < -0.39 is 0 Å². The number of allylic oxidation sites excluding steroid dienone is 2. The first kappa shape index (κ1) is 22.8. The van der Waals surface area contributed by atoms with Crippen molar-refractivity contribution in [1.82, 2.24) is 0 Å². The third kappa shape index (κ3) is 20.8. The molecular formula is C18H37NTe. The SMILES string of the molecule is CCCCCCCC/C=C\CCCCCCCCN.[Te]. The van der Waals surface area contributed by atoms with Crippen LogP contribution in [0.1, 0.15) is 96.8 Å². The van der Waals surface area contributed by atoms with Gasteiger partial charge in [-0.15, -0.1) is 0 Å². The van der Waals surface area contributed by atoms with Crippen LogP contribution < -0.4 is 5.73 Å². The van der Waals surface area contributed by atoms with Crippen molar-refractivity contribution in [3.8, 4) is 0 Å². The van der Waals surface area contributed by atoms with Crippen molar-refractivity contribution < 1.29 is 0 Å². The van der Waals surface area contributed by atoms with Crippen LogP contribution in [-0.2, 0) is 0 Å². The second kappa shape index (κ2) is 21.8. The first-order chi connectivity index (χ1) is 9.41. The number of nitrogens with two attached hydrogens (primary N) is 1. The van der Waals surface area contributed by atoms with Crippen molar-refractivity contribution >= 4 is 23.7 Å². The molecule has 0 aliphatic rings. The molecule has 0 fully saturated rings. The Kier molecular flexibility index (Phi) is 24.8. The maximum atomic E-state index is 5.47. The smallest absolute Gasteiger partial charge is 0 e. The van der Waals surface area contributed by atoms with Gasteiger partial charge in [-0.1, -0.05) is 76.9 Å². The van der Waals surface area contributed by atoms with Gasteiger partial charge in [0.2, 0.25) is 0 Å². The first-order valence-electron chi connectivity index (χ1n) is 8.77. The van der Waals surface area contributed by atoms with Gasteiger partial charge >= 0.3 is 0 Å². The van der Waals surface area contributed by atoms with Gasteiger partial charge in [-0.3, -0.25) is 0 Å². The zero-order valence-corrected chi connectivity index (χ0v) is 16.1. The summed E-state index contributed by atoms with van der Waals surface area (Å²) < 4.78 is 0. The Bertz CT molecular complexity index is 180. The molecule has 0 saturated carbocycles. The van der Waals surface area contributed by atoms with E-state index in [0.29, 0.717) is 0 Å². The van der Waals surface area contributed by atoms with Crippen LogP contribution in [0, 0.1) is 0 Å². The number of rotatable bonds is 15. The Hall–Kier alpha value is 0.490. The predicted molar refractivity (Wildman–Crippen MR) is 94.3 cm³/mol. The van der Waals surface area contributed by atoms with Crippen LogP contribution in [0.3, 0.4) is 0 Å². The van der Waals surface area contributed by atoms with Crippen LogP contribution in [0.4, 0.5) is 0 Å². The Morgan fingerprint density at radius 3 is 1.45 bits per heavy atom. The standard InChI is InChI=1S/C18H37N.Te/c1-2-3-4-5-6-7-8-9-10-11-12-13-14-15-16-17-18-19;/h9-10H,2-8,11-19H2,1H3;/b10-9-;. The van der Waals surface area contributed by atoms with Crippen molar-refractivity contribution in [1.29, 1.82) is 0 Å². The molecule has 0 atom stereocenters. The van der Waals surface area contributed by atoms with Gasteiger partial charge in [0, 0.05) is 23.7 Å². The van der Waals surface area contributed by atoms with Gasteiger partial charge in [0.15, 0.2) is 0 Å². The van der Waals surface area contributed by atoms with E-state index in [-0.39, 0.29) is 23.7 Å². The fourth-order valence-electron chi connectivity index (χ4n) is 2.39. The average molecular weight is 395 g/mol. The predicted octanol–water partition coefficient (Wildman–Crippen LogP) is 5.60. The fraction of sp³-hybridized carbons (Fsp3) is 0.889. The van der Waals surface area contributed by atoms with E-state index >= 15 is 0 Å². The van der Waals surface area contributed by atoms with E-state index in [0.717, 1.165) is 6.54 Å². The Morgan fingerprint density at radius 1 is 0.600 bits per heavy atom. The molecule has 0 heterocycles. The molecule has 0 aliphatic heterocycles. The molecule has 0 amide bonds. The van der Waals surface area contributed by atoms with Crippen LogP contribution in [0.15, 0.2) is 12.2 Å². The van der Waals surface area contributed by atoms with E-state index in [1.165, 1.54) is 89.9 Å². The van der Waals surface area contributed by atoms with E-state index in [2.05, 4.69) is 19.1 Å². The fourth-order valence-corrected chi connectivity index (χ4v) is 2.39. The number of hydrogen-bond acceptors (Lipinski definition) is 1. The molecule has 0 aromatic heterocycles. The van der Waals surface area contributed by atoms with Gasteiger partial charge in [0.05, 0.1) is 0 Å². The largest absolute Gasteiger partial charge is 0.330 e. The second-order valence-corrected chi connectivity index (χ2v) is 5.73. The molecule has 2 radical (unpaired) electrons. The summed E-state index contributed by atoms with van der Waals surface area (Å²) in [5.41, 5.74) is 5.47. The summed E-state index contributed by atoms with van der Waals surface area (Å²) in [4.78, 5) is 0. The molecule has 20 heavy (non-hydrogen) atoms. The van der Waals surface area contributed by atoms with Crippen molar-refractivity contribution in [2.45, 2.75) is 96.8 Å². The first-order valence-corrected chi connectivity index (χ1v) is 8.77. The van der Waals surface area contributed by atoms with Crippen LogP contribution in [0.5, 0.6) is 0 Å². The van der Waals surface area contributed by atoms with Crippen LogP contribution in [-0.4, -0.2) is 30.2 Å². The maximum Gasteiger partial charge on any atom is 0 e. The van der Waals surface area contributed by atoms with E-state index in [4.69, 9.17) is 5.73 Å². The minimum atomic E-state index is 0. The summed E-state index contributed by atoms with van der Waals surface area (Å²) >= 11 is 0. The Labute approximate surface area is 144 Å². The van der Waals surface area contributed by atoms with Crippen molar-refractivity contribution in [3.05, 3.63) is 12.2 Å². The van der Waals surface area contributed by atoms with E-state index in [1.807, 2.05) is 0 Å². The summed E-state index contributed by atoms with van der Waals surface area (Å²) in [5.74, 6) is 0. The van der Waals surface area contributed by atoms with Gasteiger partial charge in [-0.05, 0) is 38.6 Å². The second-order valence-electron chi connectivity index (χ2n) is 5.73. The minimum Gasteiger partial charge on any atom is -0.330 e. The summed E-state index contributed by atoms with van der Waals surface area (Å²) in [6.45, 7) is 3.14. The topological polar surface area (TPSA) is 26.0 Å². The van der Waals surface area contributed by atoms with Crippen LogP contribution in [0.2, 0.25) is 0 Å². The Morgan fingerprint density at radius 2 is 1.00 bits per heavy atom. The molecule has 0 unspecified atom stereocenters. The van der Waals surface area contributed by atoms with Crippen molar-refractivity contribution in [2.24, 2.45) is 5.73 Å². The molecule has 0 aliphatic carbocycles. The number of unbranched alkanes of at least 4 members (excludes halogenated alkanes) is 12. The van der Waals surface area contributed by atoms with Crippen molar-refractivity contribution in [3.63, 3.8) is 0 Å². The molecular weight excluding hydrogens is 358 g/mol. The van der Waals surface area contributed by atoms with Gasteiger partial charge < -0.3 is 5.73 Å². The van der Waals surface area contributed by atoms with Gasteiger partial charge in [-0.2, -0.15) is 0 Å². The van der Waals surface area contributed by atoms with Crippen LogP contribution in [0.25, 0.3) is 0 Å². The van der Waals surface area contributed by atoms with Crippen molar-refractivity contribution in [2.75, 3.05) is 6.54 Å². The molecule has 0 bridgehead atoms. The molecule has 0 rings (SSSR count). The molecule has 0 aromatic carbocycles. The molecule has 0 spiro atoms. The molecule has 1 nitrogen and oxygen atoms in total. The zero-order chi connectivity index (χ0) is 14.0. The summed E-state index contributed by atoms with van der Waals surface area (Å²) in [6.07, 6.45) is 23.9. The third-order valence-electron chi connectivity index (χ3n) is 3.72. The van der Waals surface area contributed by atoms with Gasteiger partial charge in [0.1, 0.15) is 0 Å². The quantitative estimate of drug-likeness (QED) is 0.218. The molecule has 2 N–H and O–H groups in total. The van der Waals surface area contributed by atoms with E-state index in [9.17, 15) is 0 Å². The maximum absolute atomic E-state index is 5.47. The van der Waals surface area contributed by atoms with Crippen LogP contribution >= 0.6 is 0 Å². The molecule has 0 saturated heterocycles. The summed E-state index contributed by atoms with van der Waals surface area (Å²) in [7, 11) is 0. The minimum absolute atomic E-state index is 0. The molecule has 0 aromatic rings. The summed E-state index contributed by atoms with van der Waals surface area (Å²) in [5, 5.41) is 0. The monoisotopic (exact) mass is 397 g/mol. The van der Waals surface area contributed by atoms with Gasteiger partial charge in [0.25, 0.3) is 0 Å². The zero-order valence-electron chi connectivity index (χ0n) is 13.7. The molecule has 120 valence electrons. The molecule has 2 heteroatoms. The number of hydrogen-bond donors (Lipinski definition) is 1. The normalized spacial score (nSPS) is 10.9. The average Bonchev–Trinajstić information content (AvgIpc) is 2.43.